The van der Waals surface area contributed by atoms with Gasteiger partial charge in [-0.2, -0.15) is 0 Å². The maximum atomic E-state index is 13.0. The maximum absolute atomic E-state index is 13.0. The van der Waals surface area contributed by atoms with Gasteiger partial charge in [0, 0.05) is 25.7 Å². The molecule has 0 rings (SSSR count). The van der Waals surface area contributed by atoms with Crippen LogP contribution in [0.5, 0.6) is 0 Å². The summed E-state index contributed by atoms with van der Waals surface area (Å²) in [5, 5.41) is 10.5. The molecule has 0 bridgehead atoms. The highest BCUT2D eigenvalue weighted by Crippen LogP contribution is 2.45. The minimum atomic E-state index is -4.95. The van der Waals surface area contributed by atoms with Gasteiger partial charge in [0.25, 0.3) is 0 Å². The minimum absolute atomic E-state index is 0.104. The molecule has 0 saturated heterocycles. The maximum Gasteiger partial charge on any atom is 0.472 e. The quantitative estimate of drug-likeness (QED) is 0.0222. The Morgan fingerprint density at radius 1 is 0.307 bits per heavy atom. The molecule has 0 radical (unpaired) electrons. The lowest BCUT2D eigenvalue weighted by atomic mass is 10.0. The lowest BCUT2D eigenvalue weighted by Gasteiger charge is -2.21. The molecule has 19 heteroatoms. The SMILES string of the molecule is CCCCCCCCCCCCCCCCCCCCCC(=O)O[C@H](COC(=O)CCCCCCCCCCCCCCCC(C)C)COP(=O)(O)OC[C@@H](O)COP(=O)(O)OC[C@@H](COC(=O)CCCCCCC)OC(=O)CCCCCCCCCC. The van der Waals surface area contributed by atoms with E-state index in [0.717, 1.165) is 109 Å². The van der Waals surface area contributed by atoms with Crippen LogP contribution in [0.3, 0.4) is 0 Å². The van der Waals surface area contributed by atoms with Crippen molar-refractivity contribution in [2.75, 3.05) is 39.6 Å². The Morgan fingerprint density at radius 3 is 0.773 bits per heavy atom. The van der Waals surface area contributed by atoms with E-state index in [9.17, 15) is 43.2 Å². The lowest BCUT2D eigenvalue weighted by molar-refractivity contribution is -0.161. The summed E-state index contributed by atoms with van der Waals surface area (Å²) in [4.78, 5) is 72.1. The number of aliphatic hydroxyl groups excluding tert-OH is 1. The summed E-state index contributed by atoms with van der Waals surface area (Å²) in [5.41, 5.74) is 0. The van der Waals surface area contributed by atoms with E-state index in [1.807, 2.05) is 0 Å². The largest absolute Gasteiger partial charge is 0.472 e. The molecule has 0 amide bonds. The fourth-order valence-electron chi connectivity index (χ4n) is 10.5. The number of hydrogen-bond acceptors (Lipinski definition) is 15. The number of carbonyl (C=O) groups is 4. The van der Waals surface area contributed by atoms with Gasteiger partial charge in [-0.1, -0.05) is 304 Å². The molecule has 0 saturated carbocycles. The normalized spacial score (nSPS) is 14.1. The lowest BCUT2D eigenvalue weighted by Crippen LogP contribution is -2.30. The van der Waals surface area contributed by atoms with Crippen LogP contribution < -0.4 is 0 Å². The highest BCUT2D eigenvalue weighted by Gasteiger charge is 2.30. The van der Waals surface area contributed by atoms with Crippen LogP contribution in [-0.4, -0.2) is 96.7 Å². The Labute approximate surface area is 537 Å². The van der Waals surface area contributed by atoms with Gasteiger partial charge in [0.15, 0.2) is 12.2 Å². The van der Waals surface area contributed by atoms with Crippen LogP contribution in [-0.2, 0) is 65.4 Å². The molecule has 0 aliphatic carbocycles. The third-order valence-electron chi connectivity index (χ3n) is 16.0. The van der Waals surface area contributed by atoms with Crippen molar-refractivity contribution in [3.63, 3.8) is 0 Å². The zero-order valence-corrected chi connectivity index (χ0v) is 58.6. The summed E-state index contributed by atoms with van der Waals surface area (Å²) in [6, 6.07) is 0. The summed E-state index contributed by atoms with van der Waals surface area (Å²) in [6.07, 6.45) is 49.1. The van der Waals surface area contributed by atoms with Gasteiger partial charge in [-0.05, 0) is 31.6 Å². The topological polar surface area (TPSA) is 237 Å². The van der Waals surface area contributed by atoms with E-state index < -0.39 is 97.5 Å². The number of rotatable bonds is 69. The predicted octanol–water partition coefficient (Wildman–Crippen LogP) is 19.7. The first-order valence-corrected chi connectivity index (χ1v) is 39.1. The molecule has 0 aromatic heterocycles. The first-order valence-electron chi connectivity index (χ1n) is 36.1. The number of unbranched alkanes of at least 4 members (excludes halogenated alkanes) is 41. The van der Waals surface area contributed by atoms with Crippen molar-refractivity contribution in [2.24, 2.45) is 5.92 Å². The monoisotopic (exact) mass is 1300 g/mol. The number of hydrogen-bond donors (Lipinski definition) is 3. The van der Waals surface area contributed by atoms with Crippen molar-refractivity contribution in [1.82, 2.24) is 0 Å². The van der Waals surface area contributed by atoms with Gasteiger partial charge in [-0.25, -0.2) is 9.13 Å². The minimum Gasteiger partial charge on any atom is -0.462 e. The van der Waals surface area contributed by atoms with E-state index in [-0.39, 0.29) is 25.7 Å². The van der Waals surface area contributed by atoms with Crippen molar-refractivity contribution in [3.8, 4) is 0 Å². The molecule has 0 aromatic rings. The Bertz CT molecular complexity index is 1700. The second kappa shape index (κ2) is 62.5. The van der Waals surface area contributed by atoms with Crippen molar-refractivity contribution >= 4 is 39.5 Å². The number of phosphoric ester groups is 2. The average Bonchev–Trinajstić information content (AvgIpc) is 3.63. The second-order valence-electron chi connectivity index (χ2n) is 25.4. The summed E-state index contributed by atoms with van der Waals surface area (Å²) in [7, 11) is -9.88. The van der Waals surface area contributed by atoms with Gasteiger partial charge < -0.3 is 33.8 Å². The van der Waals surface area contributed by atoms with Crippen LogP contribution in [0.1, 0.15) is 356 Å². The molecule has 0 heterocycles. The van der Waals surface area contributed by atoms with Gasteiger partial charge in [-0.15, -0.1) is 0 Å². The number of aliphatic hydroxyl groups is 1. The van der Waals surface area contributed by atoms with Gasteiger partial charge in [0.05, 0.1) is 26.4 Å². The average molecular weight is 1300 g/mol. The van der Waals surface area contributed by atoms with Crippen LogP contribution in [0.25, 0.3) is 0 Å². The summed E-state index contributed by atoms with van der Waals surface area (Å²) < 4.78 is 67.9. The molecule has 522 valence electrons. The third kappa shape index (κ3) is 62.8. The molecule has 17 nitrogen and oxygen atoms in total. The third-order valence-corrected chi connectivity index (χ3v) is 17.9. The zero-order chi connectivity index (χ0) is 64.9. The highest BCUT2D eigenvalue weighted by atomic mass is 31.2. The van der Waals surface area contributed by atoms with Crippen LogP contribution in [0, 0.1) is 5.92 Å². The summed E-state index contributed by atoms with van der Waals surface area (Å²) in [6.45, 7) is 7.14. The fraction of sp³-hybridized carbons (Fsp3) is 0.942. The summed E-state index contributed by atoms with van der Waals surface area (Å²) in [5.74, 6) is -1.35. The van der Waals surface area contributed by atoms with Crippen molar-refractivity contribution in [1.29, 1.82) is 0 Å². The fourth-order valence-corrected chi connectivity index (χ4v) is 12.0. The molecule has 0 fully saturated rings. The van der Waals surface area contributed by atoms with E-state index in [2.05, 4.69) is 34.6 Å². The van der Waals surface area contributed by atoms with E-state index >= 15 is 0 Å². The Balaban J connectivity index is 5.12. The Hall–Kier alpha value is -1.94. The van der Waals surface area contributed by atoms with Gasteiger partial charge in [-0.3, -0.25) is 37.3 Å². The number of esters is 4. The molecule has 0 spiro atoms. The predicted molar refractivity (Wildman–Crippen MR) is 354 cm³/mol. The van der Waals surface area contributed by atoms with E-state index in [0.29, 0.717) is 25.7 Å². The van der Waals surface area contributed by atoms with Gasteiger partial charge in [0.2, 0.25) is 0 Å². The van der Waals surface area contributed by atoms with Crippen molar-refractivity contribution in [2.45, 2.75) is 374 Å². The van der Waals surface area contributed by atoms with Crippen LogP contribution >= 0.6 is 15.6 Å². The van der Waals surface area contributed by atoms with Crippen LogP contribution in [0.15, 0.2) is 0 Å². The first-order chi connectivity index (χ1) is 42.5. The van der Waals surface area contributed by atoms with Crippen molar-refractivity contribution in [3.05, 3.63) is 0 Å². The second-order valence-corrected chi connectivity index (χ2v) is 28.3. The van der Waals surface area contributed by atoms with Gasteiger partial charge in [0.1, 0.15) is 19.3 Å². The van der Waals surface area contributed by atoms with Crippen molar-refractivity contribution < 1.29 is 80.2 Å². The molecule has 2 unspecified atom stereocenters. The molecule has 0 aliphatic rings. The van der Waals surface area contributed by atoms with Crippen LogP contribution in [0.4, 0.5) is 0 Å². The molecule has 0 aliphatic heterocycles. The van der Waals surface area contributed by atoms with Crippen LogP contribution in [0.2, 0.25) is 0 Å². The molecular weight excluding hydrogens is 1160 g/mol. The number of ether oxygens (including phenoxy) is 4. The Morgan fingerprint density at radius 2 is 0.523 bits per heavy atom. The summed E-state index contributed by atoms with van der Waals surface area (Å²) >= 11 is 0. The standard InChI is InChI=1S/C69H134O17P2/c1-6-9-12-15-17-19-20-21-22-23-24-25-26-29-33-36-40-45-50-55-69(74)86-65(59-80-67(72)53-48-43-39-35-32-30-27-28-31-34-37-42-46-51-62(4)5)61-84-88(77,78)82-57-63(70)56-81-87(75,76)83-60-64(58-79-66(71)52-47-41-14-11-8-3)85-68(73)54-49-44-38-18-16-13-10-7-2/h62-65,70H,6-61H2,1-5H3,(H,75,76)(H,77,78)/t63-,64+,65+/m0/s1. The van der Waals surface area contributed by atoms with Gasteiger partial charge >= 0.3 is 39.5 Å². The molecule has 5 atom stereocenters. The molecular formula is C69H134O17P2. The first kappa shape index (κ1) is 86.1. The number of carbonyl (C=O) groups excluding carboxylic acids is 4. The Kier molecular flexibility index (Phi) is 61.1. The highest BCUT2D eigenvalue weighted by molar-refractivity contribution is 7.47. The van der Waals surface area contributed by atoms with E-state index in [1.54, 1.807) is 0 Å². The smallest absolute Gasteiger partial charge is 0.462 e. The molecule has 0 aromatic carbocycles. The number of phosphoric acid groups is 2. The molecule has 3 N–H and O–H groups in total. The zero-order valence-electron chi connectivity index (χ0n) is 56.9. The molecule has 88 heavy (non-hydrogen) atoms. The van der Waals surface area contributed by atoms with E-state index in [4.69, 9.17) is 37.0 Å². The van der Waals surface area contributed by atoms with E-state index in [1.165, 1.54) is 167 Å².